The first-order chi connectivity index (χ1) is 6.75. The molecule has 0 aromatic heterocycles. The summed E-state index contributed by atoms with van der Waals surface area (Å²) in [5.41, 5.74) is 0. The summed E-state index contributed by atoms with van der Waals surface area (Å²) in [6.07, 6.45) is 6.10. The van der Waals surface area contributed by atoms with Crippen molar-refractivity contribution in [2.45, 2.75) is 38.1 Å². The van der Waals surface area contributed by atoms with E-state index in [-0.39, 0.29) is 12.5 Å². The van der Waals surface area contributed by atoms with Crippen molar-refractivity contribution in [2.24, 2.45) is 0 Å². The second-order valence-corrected chi connectivity index (χ2v) is 3.85. The zero-order chi connectivity index (χ0) is 10.4. The van der Waals surface area contributed by atoms with Gasteiger partial charge in [-0.15, -0.1) is 0 Å². The first-order valence-electron chi connectivity index (χ1n) is 5.38. The Morgan fingerprint density at radius 2 is 2.07 bits per heavy atom. The summed E-state index contributed by atoms with van der Waals surface area (Å²) >= 11 is 0. The van der Waals surface area contributed by atoms with Crippen LogP contribution in [0.1, 0.15) is 32.1 Å². The molecular weight excluding hydrogens is 178 g/mol. The molecule has 3 heteroatoms. The van der Waals surface area contributed by atoms with Gasteiger partial charge in [0.15, 0.2) is 0 Å². The lowest BCUT2D eigenvalue weighted by atomic mass is 9.94. The van der Waals surface area contributed by atoms with E-state index in [0.29, 0.717) is 12.6 Å². The van der Waals surface area contributed by atoms with Crippen LogP contribution in [0.5, 0.6) is 0 Å². The number of hydrogen-bond donors (Lipinski definition) is 0. The first-order valence-corrected chi connectivity index (χ1v) is 5.38. The molecule has 0 bridgehead atoms. The van der Waals surface area contributed by atoms with Crippen molar-refractivity contribution in [3.05, 3.63) is 6.92 Å². The van der Waals surface area contributed by atoms with E-state index in [1.54, 1.807) is 0 Å². The van der Waals surface area contributed by atoms with E-state index in [4.69, 9.17) is 4.74 Å². The molecule has 1 aliphatic rings. The standard InChI is InChI=1S/C11H20NO2/c1-3-14-9-11(13)12(2)10-7-5-4-6-8-10/h10H,1,3-9H2,2H3. The summed E-state index contributed by atoms with van der Waals surface area (Å²) in [6, 6.07) is 0.435. The number of rotatable bonds is 4. The van der Waals surface area contributed by atoms with Crippen LogP contribution in [0.15, 0.2) is 0 Å². The van der Waals surface area contributed by atoms with Gasteiger partial charge < -0.3 is 9.64 Å². The fraction of sp³-hybridized carbons (Fsp3) is 0.818. The SMILES string of the molecule is [CH2]COCC(=O)N(C)C1CCCCC1. The Bertz CT molecular complexity index is 176. The predicted molar refractivity (Wildman–Crippen MR) is 55.8 cm³/mol. The van der Waals surface area contributed by atoms with Crippen LogP contribution < -0.4 is 0 Å². The van der Waals surface area contributed by atoms with Crippen LogP contribution in [-0.4, -0.2) is 37.1 Å². The largest absolute Gasteiger partial charge is 0.372 e. The molecule has 0 N–H and O–H groups in total. The number of amides is 1. The fourth-order valence-corrected chi connectivity index (χ4v) is 1.93. The van der Waals surface area contributed by atoms with Gasteiger partial charge in [-0.1, -0.05) is 19.3 Å². The van der Waals surface area contributed by atoms with Gasteiger partial charge in [-0.3, -0.25) is 4.79 Å². The van der Waals surface area contributed by atoms with Gasteiger partial charge in [0, 0.05) is 19.7 Å². The van der Waals surface area contributed by atoms with E-state index in [2.05, 4.69) is 6.92 Å². The van der Waals surface area contributed by atoms with Crippen LogP contribution in [0.3, 0.4) is 0 Å². The van der Waals surface area contributed by atoms with E-state index in [9.17, 15) is 4.79 Å². The third kappa shape index (κ3) is 3.29. The molecule has 1 aliphatic carbocycles. The lowest BCUT2D eigenvalue weighted by molar-refractivity contribution is -0.137. The van der Waals surface area contributed by atoms with Gasteiger partial charge in [0.25, 0.3) is 0 Å². The molecule has 1 amide bonds. The molecule has 0 atom stereocenters. The highest BCUT2D eigenvalue weighted by molar-refractivity contribution is 5.77. The summed E-state index contributed by atoms with van der Waals surface area (Å²) in [7, 11) is 1.88. The maximum Gasteiger partial charge on any atom is 0.248 e. The Morgan fingerprint density at radius 3 is 2.64 bits per heavy atom. The number of carbonyl (C=O) groups excluding carboxylic acids is 1. The van der Waals surface area contributed by atoms with E-state index in [1.807, 2.05) is 11.9 Å². The van der Waals surface area contributed by atoms with Crippen molar-refractivity contribution >= 4 is 5.91 Å². The first kappa shape index (κ1) is 11.5. The fourth-order valence-electron chi connectivity index (χ4n) is 1.93. The molecule has 1 rings (SSSR count). The van der Waals surface area contributed by atoms with Crippen LogP contribution in [0.4, 0.5) is 0 Å². The van der Waals surface area contributed by atoms with Crippen molar-refractivity contribution in [3.8, 4) is 0 Å². The monoisotopic (exact) mass is 198 g/mol. The minimum absolute atomic E-state index is 0.0838. The Hall–Kier alpha value is -0.570. The molecule has 14 heavy (non-hydrogen) atoms. The average molecular weight is 198 g/mol. The highest BCUT2D eigenvalue weighted by atomic mass is 16.5. The quantitative estimate of drug-likeness (QED) is 0.687. The van der Waals surface area contributed by atoms with Gasteiger partial charge in [0.05, 0.1) is 0 Å². The average Bonchev–Trinajstić information content (AvgIpc) is 2.26. The Kier molecular flexibility index (Phi) is 4.94. The second kappa shape index (κ2) is 6.02. The van der Waals surface area contributed by atoms with Crippen molar-refractivity contribution in [1.82, 2.24) is 4.90 Å². The van der Waals surface area contributed by atoms with Crippen LogP contribution in [0.2, 0.25) is 0 Å². The molecular formula is C11H20NO2. The summed E-state index contributed by atoms with van der Waals surface area (Å²) in [4.78, 5) is 13.4. The molecule has 3 nitrogen and oxygen atoms in total. The number of likely N-dealkylation sites (N-methyl/N-ethyl adjacent to an activating group) is 1. The van der Waals surface area contributed by atoms with Gasteiger partial charge in [0.1, 0.15) is 6.61 Å². The van der Waals surface area contributed by atoms with Crippen LogP contribution in [-0.2, 0) is 9.53 Å². The van der Waals surface area contributed by atoms with E-state index >= 15 is 0 Å². The summed E-state index contributed by atoms with van der Waals surface area (Å²) in [6.45, 7) is 4.08. The van der Waals surface area contributed by atoms with Crippen molar-refractivity contribution in [1.29, 1.82) is 0 Å². The topological polar surface area (TPSA) is 29.5 Å². The molecule has 81 valence electrons. The lowest BCUT2D eigenvalue weighted by Crippen LogP contribution is -2.40. The molecule has 1 saturated carbocycles. The van der Waals surface area contributed by atoms with Crippen molar-refractivity contribution in [2.75, 3.05) is 20.3 Å². The van der Waals surface area contributed by atoms with Crippen molar-refractivity contribution < 1.29 is 9.53 Å². The molecule has 0 spiro atoms. The Balaban J connectivity index is 2.30. The minimum Gasteiger partial charge on any atom is -0.372 e. The molecule has 0 aromatic carbocycles. The molecule has 0 unspecified atom stereocenters. The maximum absolute atomic E-state index is 11.6. The number of hydrogen-bond acceptors (Lipinski definition) is 2. The highest BCUT2D eigenvalue weighted by Crippen LogP contribution is 2.21. The van der Waals surface area contributed by atoms with E-state index in [1.165, 1.54) is 19.3 Å². The van der Waals surface area contributed by atoms with Crippen LogP contribution in [0, 0.1) is 6.92 Å². The van der Waals surface area contributed by atoms with Crippen LogP contribution >= 0.6 is 0 Å². The Labute approximate surface area is 86.4 Å². The molecule has 1 radical (unpaired) electrons. The zero-order valence-electron chi connectivity index (χ0n) is 9.00. The molecule has 0 saturated heterocycles. The van der Waals surface area contributed by atoms with E-state index < -0.39 is 0 Å². The smallest absolute Gasteiger partial charge is 0.248 e. The number of carbonyl (C=O) groups is 1. The molecule has 0 aromatic rings. The summed E-state index contributed by atoms with van der Waals surface area (Å²) in [5, 5.41) is 0. The highest BCUT2D eigenvalue weighted by Gasteiger charge is 2.21. The summed E-state index contributed by atoms with van der Waals surface area (Å²) in [5.74, 6) is 0.0838. The number of ether oxygens (including phenoxy) is 1. The lowest BCUT2D eigenvalue weighted by Gasteiger charge is -2.31. The van der Waals surface area contributed by atoms with Gasteiger partial charge in [-0.25, -0.2) is 0 Å². The number of nitrogens with zero attached hydrogens (tertiary/aromatic N) is 1. The minimum atomic E-state index is 0.0838. The second-order valence-electron chi connectivity index (χ2n) is 3.85. The van der Waals surface area contributed by atoms with Gasteiger partial charge in [-0.2, -0.15) is 0 Å². The van der Waals surface area contributed by atoms with Gasteiger partial charge in [0.2, 0.25) is 5.91 Å². The normalized spacial score (nSPS) is 18.1. The molecule has 0 heterocycles. The van der Waals surface area contributed by atoms with Gasteiger partial charge >= 0.3 is 0 Å². The maximum atomic E-state index is 11.6. The van der Waals surface area contributed by atoms with Gasteiger partial charge in [-0.05, 0) is 19.8 Å². The van der Waals surface area contributed by atoms with E-state index in [0.717, 1.165) is 12.8 Å². The molecule has 0 aliphatic heterocycles. The van der Waals surface area contributed by atoms with Crippen LogP contribution in [0.25, 0.3) is 0 Å². The zero-order valence-corrected chi connectivity index (χ0v) is 9.00. The summed E-state index contributed by atoms with van der Waals surface area (Å²) < 4.78 is 5.00. The van der Waals surface area contributed by atoms with Crippen molar-refractivity contribution in [3.63, 3.8) is 0 Å². The third-order valence-electron chi connectivity index (χ3n) is 2.89. The molecule has 1 fully saturated rings. The Morgan fingerprint density at radius 1 is 1.43 bits per heavy atom. The third-order valence-corrected chi connectivity index (χ3v) is 2.89. The predicted octanol–water partition coefficient (Wildman–Crippen LogP) is 1.63.